The van der Waals surface area contributed by atoms with E-state index in [0.717, 1.165) is 52.6 Å². The first kappa shape index (κ1) is 18.1. The fourth-order valence-electron chi connectivity index (χ4n) is 3.41. The first-order valence-electron chi connectivity index (χ1n) is 9.35. The number of hydrogen-bond donors (Lipinski definition) is 0. The van der Waals surface area contributed by atoms with Crippen LogP contribution in [0.5, 0.6) is 17.2 Å². The van der Waals surface area contributed by atoms with Crippen molar-refractivity contribution in [2.24, 2.45) is 4.99 Å². The SMILES string of the molecule is COc1ccc(C2=NCCc3cc(OC)c(OCc4ccccc4)cc32)cc1. The van der Waals surface area contributed by atoms with Crippen molar-refractivity contribution in [2.45, 2.75) is 13.0 Å². The highest BCUT2D eigenvalue weighted by molar-refractivity contribution is 6.14. The summed E-state index contributed by atoms with van der Waals surface area (Å²) in [5.41, 5.74) is 5.49. The Balaban J connectivity index is 1.67. The second-order valence-corrected chi connectivity index (χ2v) is 6.64. The normalized spacial score (nSPS) is 12.7. The molecule has 28 heavy (non-hydrogen) atoms. The van der Waals surface area contributed by atoms with E-state index in [1.165, 1.54) is 5.56 Å². The second-order valence-electron chi connectivity index (χ2n) is 6.64. The lowest BCUT2D eigenvalue weighted by Crippen LogP contribution is -2.15. The molecule has 1 aliphatic heterocycles. The summed E-state index contributed by atoms with van der Waals surface area (Å²) in [7, 11) is 3.35. The van der Waals surface area contributed by atoms with Gasteiger partial charge in [-0.15, -0.1) is 0 Å². The van der Waals surface area contributed by atoms with E-state index in [4.69, 9.17) is 19.2 Å². The van der Waals surface area contributed by atoms with Crippen LogP contribution < -0.4 is 14.2 Å². The van der Waals surface area contributed by atoms with Gasteiger partial charge in [0.2, 0.25) is 0 Å². The zero-order valence-corrected chi connectivity index (χ0v) is 16.1. The lowest BCUT2D eigenvalue weighted by molar-refractivity contribution is 0.284. The van der Waals surface area contributed by atoms with Crippen LogP contribution in [0.2, 0.25) is 0 Å². The van der Waals surface area contributed by atoms with Crippen molar-refractivity contribution < 1.29 is 14.2 Å². The third-order valence-electron chi connectivity index (χ3n) is 4.90. The number of fused-ring (bicyclic) bond motifs is 1. The highest BCUT2D eigenvalue weighted by Crippen LogP contribution is 2.34. The van der Waals surface area contributed by atoms with Crippen LogP contribution in [0.3, 0.4) is 0 Å². The monoisotopic (exact) mass is 373 g/mol. The average molecular weight is 373 g/mol. The summed E-state index contributed by atoms with van der Waals surface area (Å²) in [6.45, 7) is 1.26. The molecular weight excluding hydrogens is 350 g/mol. The molecular formula is C24H23NO3. The molecule has 0 radical (unpaired) electrons. The fraction of sp³-hybridized carbons (Fsp3) is 0.208. The third kappa shape index (κ3) is 3.72. The molecule has 0 bridgehead atoms. The first-order valence-corrected chi connectivity index (χ1v) is 9.35. The maximum absolute atomic E-state index is 6.10. The molecule has 0 unspecified atom stereocenters. The molecule has 0 saturated heterocycles. The van der Waals surface area contributed by atoms with Crippen LogP contribution in [0.1, 0.15) is 22.3 Å². The third-order valence-corrected chi connectivity index (χ3v) is 4.90. The van der Waals surface area contributed by atoms with Crippen molar-refractivity contribution in [3.63, 3.8) is 0 Å². The quantitative estimate of drug-likeness (QED) is 0.630. The van der Waals surface area contributed by atoms with E-state index < -0.39 is 0 Å². The van der Waals surface area contributed by atoms with Gasteiger partial charge in [0.1, 0.15) is 12.4 Å². The number of rotatable bonds is 6. The number of methoxy groups -OCH3 is 2. The van der Waals surface area contributed by atoms with E-state index in [1.54, 1.807) is 14.2 Å². The summed E-state index contributed by atoms with van der Waals surface area (Å²) in [6.07, 6.45) is 0.893. The second kappa shape index (κ2) is 8.17. The van der Waals surface area contributed by atoms with Gasteiger partial charge in [0.25, 0.3) is 0 Å². The van der Waals surface area contributed by atoms with Crippen molar-refractivity contribution in [2.75, 3.05) is 20.8 Å². The van der Waals surface area contributed by atoms with Gasteiger partial charge in [-0.25, -0.2) is 0 Å². The molecule has 1 aliphatic rings. The van der Waals surface area contributed by atoms with Crippen molar-refractivity contribution in [3.05, 3.63) is 89.0 Å². The summed E-state index contributed by atoms with van der Waals surface area (Å²) in [5, 5.41) is 0. The molecule has 0 N–H and O–H groups in total. The van der Waals surface area contributed by atoms with Gasteiger partial charge in [0.05, 0.1) is 19.9 Å². The van der Waals surface area contributed by atoms with Gasteiger partial charge >= 0.3 is 0 Å². The molecule has 0 fully saturated rings. The van der Waals surface area contributed by atoms with Gasteiger partial charge in [0.15, 0.2) is 11.5 Å². The average Bonchev–Trinajstić information content (AvgIpc) is 2.77. The van der Waals surface area contributed by atoms with Crippen LogP contribution in [0.15, 0.2) is 71.7 Å². The molecule has 0 spiro atoms. The Morgan fingerprint density at radius 2 is 1.64 bits per heavy atom. The Morgan fingerprint density at radius 1 is 0.857 bits per heavy atom. The topological polar surface area (TPSA) is 40.0 Å². The number of aliphatic imine (C=N–C) groups is 1. The van der Waals surface area contributed by atoms with Gasteiger partial charge in [-0.2, -0.15) is 0 Å². The molecule has 4 rings (SSSR count). The molecule has 3 aromatic carbocycles. The molecule has 4 heteroatoms. The van der Waals surface area contributed by atoms with E-state index in [1.807, 2.05) is 42.5 Å². The highest BCUT2D eigenvalue weighted by Gasteiger charge is 2.20. The van der Waals surface area contributed by atoms with Crippen molar-refractivity contribution >= 4 is 5.71 Å². The predicted octanol–water partition coefficient (Wildman–Crippen LogP) is 4.68. The Kier molecular flexibility index (Phi) is 5.29. The van der Waals surface area contributed by atoms with Crippen molar-refractivity contribution in [1.82, 2.24) is 0 Å². The van der Waals surface area contributed by atoms with E-state index in [-0.39, 0.29) is 0 Å². The number of hydrogen-bond acceptors (Lipinski definition) is 4. The van der Waals surface area contributed by atoms with E-state index in [2.05, 4.69) is 24.3 Å². The standard InChI is InChI=1S/C24H23NO3/c1-26-20-10-8-18(9-11-20)24-21-15-23(28-16-17-6-4-3-5-7-17)22(27-2)14-19(21)12-13-25-24/h3-11,14-15H,12-13,16H2,1-2H3. The van der Waals surface area contributed by atoms with E-state index in [0.29, 0.717) is 6.61 Å². The van der Waals surface area contributed by atoms with Crippen LogP contribution in [-0.4, -0.2) is 26.5 Å². The van der Waals surface area contributed by atoms with Crippen LogP contribution in [0.4, 0.5) is 0 Å². The Hall–Kier alpha value is -3.27. The lowest BCUT2D eigenvalue weighted by atomic mass is 9.92. The lowest BCUT2D eigenvalue weighted by Gasteiger charge is -2.21. The minimum absolute atomic E-state index is 0.491. The van der Waals surface area contributed by atoms with Gasteiger partial charge < -0.3 is 14.2 Å². The van der Waals surface area contributed by atoms with Crippen LogP contribution in [-0.2, 0) is 13.0 Å². The minimum Gasteiger partial charge on any atom is -0.497 e. The molecule has 0 aromatic heterocycles. The zero-order valence-electron chi connectivity index (χ0n) is 16.1. The number of ether oxygens (including phenoxy) is 3. The molecule has 3 aromatic rings. The molecule has 1 heterocycles. The molecule has 0 aliphatic carbocycles. The summed E-state index contributed by atoms with van der Waals surface area (Å²) >= 11 is 0. The summed E-state index contributed by atoms with van der Waals surface area (Å²) in [6, 6.07) is 22.3. The first-order chi connectivity index (χ1) is 13.8. The molecule has 0 amide bonds. The fourth-order valence-corrected chi connectivity index (χ4v) is 3.41. The van der Waals surface area contributed by atoms with Gasteiger partial charge in [-0.1, -0.05) is 30.3 Å². The Morgan fingerprint density at radius 3 is 2.36 bits per heavy atom. The van der Waals surface area contributed by atoms with E-state index in [9.17, 15) is 0 Å². The molecule has 142 valence electrons. The van der Waals surface area contributed by atoms with Crippen molar-refractivity contribution in [3.8, 4) is 17.2 Å². The Bertz CT molecular complexity index is 979. The molecule has 0 atom stereocenters. The maximum atomic E-state index is 6.10. The largest absolute Gasteiger partial charge is 0.497 e. The number of nitrogens with zero attached hydrogens (tertiary/aromatic N) is 1. The van der Waals surface area contributed by atoms with Gasteiger partial charge in [-0.3, -0.25) is 4.99 Å². The summed E-state index contributed by atoms with van der Waals surface area (Å²) in [5.74, 6) is 2.32. The smallest absolute Gasteiger partial charge is 0.162 e. The molecule has 0 saturated carbocycles. The molecule has 4 nitrogen and oxygen atoms in total. The van der Waals surface area contributed by atoms with Crippen molar-refractivity contribution in [1.29, 1.82) is 0 Å². The summed E-state index contributed by atoms with van der Waals surface area (Å²) < 4.78 is 17.0. The summed E-state index contributed by atoms with van der Waals surface area (Å²) in [4.78, 5) is 4.79. The maximum Gasteiger partial charge on any atom is 0.162 e. The zero-order chi connectivity index (χ0) is 19.3. The van der Waals surface area contributed by atoms with Gasteiger partial charge in [-0.05, 0) is 53.9 Å². The Labute approximate surface area is 165 Å². The van der Waals surface area contributed by atoms with E-state index >= 15 is 0 Å². The van der Waals surface area contributed by atoms with Crippen LogP contribution in [0.25, 0.3) is 0 Å². The predicted molar refractivity (Wildman–Crippen MR) is 111 cm³/mol. The van der Waals surface area contributed by atoms with Crippen LogP contribution in [0, 0.1) is 0 Å². The highest BCUT2D eigenvalue weighted by atomic mass is 16.5. The number of benzene rings is 3. The van der Waals surface area contributed by atoms with Gasteiger partial charge in [0, 0.05) is 17.7 Å². The minimum atomic E-state index is 0.491. The van der Waals surface area contributed by atoms with Crippen LogP contribution >= 0.6 is 0 Å².